The summed E-state index contributed by atoms with van der Waals surface area (Å²) in [4.78, 5) is 0. The molecule has 0 aromatic heterocycles. The molecule has 6 heteroatoms. The van der Waals surface area contributed by atoms with Crippen molar-refractivity contribution in [1.29, 1.82) is 0 Å². The van der Waals surface area contributed by atoms with Gasteiger partial charge in [0.15, 0.2) is 11.5 Å². The van der Waals surface area contributed by atoms with Gasteiger partial charge < -0.3 is 14.8 Å². The lowest BCUT2D eigenvalue weighted by molar-refractivity contribution is 0.282. The Balaban J connectivity index is 1.60. The Morgan fingerprint density at radius 1 is 1.03 bits per heavy atom. The van der Waals surface area contributed by atoms with Crippen LogP contribution >= 0.6 is 27.5 Å². The van der Waals surface area contributed by atoms with E-state index in [1.807, 2.05) is 48.5 Å². The van der Waals surface area contributed by atoms with Crippen LogP contribution in [0.5, 0.6) is 11.5 Å². The predicted molar refractivity (Wildman–Crippen MR) is 118 cm³/mol. The van der Waals surface area contributed by atoms with Crippen molar-refractivity contribution in [2.45, 2.75) is 19.6 Å². The van der Waals surface area contributed by atoms with Gasteiger partial charge in [-0.2, -0.15) is 0 Å². The number of hydrogen-bond acceptors (Lipinski definition) is 3. The smallest absolute Gasteiger partial charge is 0.175 e. The van der Waals surface area contributed by atoms with Gasteiger partial charge in [0.05, 0.1) is 11.6 Å². The first-order valence-electron chi connectivity index (χ1n) is 9.25. The third kappa shape index (κ3) is 5.95. The van der Waals surface area contributed by atoms with E-state index < -0.39 is 0 Å². The summed E-state index contributed by atoms with van der Waals surface area (Å²) in [5, 5.41) is 4.00. The van der Waals surface area contributed by atoms with Gasteiger partial charge in [-0.1, -0.05) is 48.0 Å². The second-order valence-electron chi connectivity index (χ2n) is 6.51. The van der Waals surface area contributed by atoms with E-state index in [9.17, 15) is 4.39 Å². The van der Waals surface area contributed by atoms with Gasteiger partial charge in [-0.15, -0.1) is 0 Å². The third-order valence-electron chi connectivity index (χ3n) is 4.48. The van der Waals surface area contributed by atoms with Crippen LogP contribution in [-0.4, -0.2) is 13.7 Å². The van der Waals surface area contributed by atoms with Crippen LogP contribution in [0.2, 0.25) is 5.02 Å². The first-order chi connectivity index (χ1) is 14.1. The minimum atomic E-state index is -0.168. The molecule has 0 spiro atoms. The number of halogens is 3. The van der Waals surface area contributed by atoms with E-state index in [0.717, 1.165) is 15.6 Å². The van der Waals surface area contributed by atoms with Crippen molar-refractivity contribution in [2.24, 2.45) is 0 Å². The molecule has 0 saturated carbocycles. The Bertz CT molecular complexity index is 967. The fourth-order valence-electron chi connectivity index (χ4n) is 2.94. The quantitative estimate of drug-likeness (QED) is 0.374. The second kappa shape index (κ2) is 10.6. The van der Waals surface area contributed by atoms with Crippen molar-refractivity contribution < 1.29 is 13.9 Å². The Kier molecular flexibility index (Phi) is 7.92. The highest BCUT2D eigenvalue weighted by Crippen LogP contribution is 2.37. The van der Waals surface area contributed by atoms with Crippen LogP contribution in [0, 0.1) is 5.82 Å². The van der Waals surface area contributed by atoms with Crippen LogP contribution < -0.4 is 14.8 Å². The summed E-state index contributed by atoms with van der Waals surface area (Å²) in [6.07, 6.45) is 0.629. The van der Waals surface area contributed by atoms with Gasteiger partial charge in [-0.25, -0.2) is 4.39 Å². The molecular formula is C23H22BrClFNO2. The molecule has 0 saturated heterocycles. The van der Waals surface area contributed by atoms with E-state index in [2.05, 4.69) is 21.2 Å². The highest BCUT2D eigenvalue weighted by molar-refractivity contribution is 9.10. The fraction of sp³-hybridized carbons (Fsp3) is 0.217. The topological polar surface area (TPSA) is 30.5 Å². The van der Waals surface area contributed by atoms with Gasteiger partial charge in [0.1, 0.15) is 12.4 Å². The maximum atomic E-state index is 13.7. The number of rotatable bonds is 9. The molecule has 3 aromatic rings. The van der Waals surface area contributed by atoms with E-state index in [-0.39, 0.29) is 5.82 Å². The van der Waals surface area contributed by atoms with Gasteiger partial charge in [0, 0.05) is 17.1 Å². The molecular weight excluding hydrogens is 457 g/mol. The van der Waals surface area contributed by atoms with Crippen molar-refractivity contribution in [3.05, 3.63) is 92.7 Å². The first kappa shape index (κ1) is 21.6. The van der Waals surface area contributed by atoms with E-state index in [0.29, 0.717) is 48.2 Å². The van der Waals surface area contributed by atoms with Crippen LogP contribution in [0.3, 0.4) is 0 Å². The fourth-order valence-corrected chi connectivity index (χ4v) is 3.73. The van der Waals surface area contributed by atoms with Crippen LogP contribution in [0.4, 0.5) is 4.39 Å². The molecule has 0 unspecified atom stereocenters. The first-order valence-corrected chi connectivity index (χ1v) is 10.4. The van der Waals surface area contributed by atoms with Crippen molar-refractivity contribution in [1.82, 2.24) is 5.32 Å². The average Bonchev–Trinajstić information content (AvgIpc) is 2.72. The number of methoxy groups -OCH3 is 1. The van der Waals surface area contributed by atoms with Gasteiger partial charge in [-0.3, -0.25) is 0 Å². The van der Waals surface area contributed by atoms with Crippen molar-refractivity contribution in [3.63, 3.8) is 0 Å². The molecule has 0 aliphatic rings. The Labute approximate surface area is 183 Å². The number of hydrogen-bond donors (Lipinski definition) is 1. The minimum Gasteiger partial charge on any atom is -0.493 e. The third-order valence-corrected chi connectivity index (χ3v) is 5.43. The predicted octanol–water partition coefficient (Wildman–Crippen LogP) is 6.16. The van der Waals surface area contributed by atoms with E-state index >= 15 is 0 Å². The molecule has 1 N–H and O–H groups in total. The van der Waals surface area contributed by atoms with E-state index in [1.54, 1.807) is 13.2 Å². The molecule has 0 aliphatic heterocycles. The van der Waals surface area contributed by atoms with Crippen LogP contribution in [-0.2, 0) is 19.6 Å². The molecule has 0 heterocycles. The molecule has 0 amide bonds. The summed E-state index contributed by atoms with van der Waals surface area (Å²) >= 11 is 9.77. The van der Waals surface area contributed by atoms with E-state index in [4.69, 9.17) is 21.1 Å². The standard InChI is InChI=1S/C23H22BrClFNO2/c1-28-22-13-16(14-27-11-10-17-6-3-5-9-21(17)26)12-19(24)23(22)29-15-18-7-2-4-8-20(18)25/h2-9,12-13,27H,10-11,14-15H2,1H3. The number of nitrogens with one attached hydrogen (secondary N) is 1. The van der Waals surface area contributed by atoms with Crippen molar-refractivity contribution in [2.75, 3.05) is 13.7 Å². The molecule has 152 valence electrons. The average molecular weight is 479 g/mol. The zero-order valence-electron chi connectivity index (χ0n) is 16.1. The Morgan fingerprint density at radius 3 is 2.48 bits per heavy atom. The highest BCUT2D eigenvalue weighted by atomic mass is 79.9. The molecule has 0 bridgehead atoms. The lowest BCUT2D eigenvalue weighted by Crippen LogP contribution is -2.17. The van der Waals surface area contributed by atoms with Crippen LogP contribution in [0.15, 0.2) is 65.1 Å². The summed E-state index contributed by atoms with van der Waals surface area (Å²) in [6, 6.07) is 18.3. The monoisotopic (exact) mass is 477 g/mol. The maximum absolute atomic E-state index is 13.7. The molecule has 3 aromatic carbocycles. The highest BCUT2D eigenvalue weighted by Gasteiger charge is 2.13. The number of benzene rings is 3. The molecule has 0 fully saturated rings. The Morgan fingerprint density at radius 2 is 1.76 bits per heavy atom. The van der Waals surface area contributed by atoms with Gasteiger partial charge >= 0.3 is 0 Å². The lowest BCUT2D eigenvalue weighted by atomic mass is 10.1. The number of ether oxygens (including phenoxy) is 2. The largest absolute Gasteiger partial charge is 0.493 e. The summed E-state index contributed by atoms with van der Waals surface area (Å²) in [5.41, 5.74) is 2.65. The molecule has 29 heavy (non-hydrogen) atoms. The zero-order valence-corrected chi connectivity index (χ0v) is 18.4. The van der Waals surface area contributed by atoms with Gasteiger partial charge in [-0.05, 0) is 64.3 Å². The van der Waals surface area contributed by atoms with E-state index in [1.165, 1.54) is 6.07 Å². The SMILES string of the molecule is COc1cc(CNCCc2ccccc2F)cc(Br)c1OCc1ccccc1Cl. The van der Waals surface area contributed by atoms with Gasteiger partial charge in [0.2, 0.25) is 0 Å². The normalized spacial score (nSPS) is 10.8. The molecule has 0 aliphatic carbocycles. The van der Waals surface area contributed by atoms with Gasteiger partial charge in [0.25, 0.3) is 0 Å². The summed E-state index contributed by atoms with van der Waals surface area (Å²) in [5.74, 6) is 1.10. The zero-order chi connectivity index (χ0) is 20.6. The van der Waals surface area contributed by atoms with Crippen LogP contribution in [0.25, 0.3) is 0 Å². The summed E-state index contributed by atoms with van der Waals surface area (Å²) in [6.45, 7) is 1.65. The minimum absolute atomic E-state index is 0.168. The maximum Gasteiger partial charge on any atom is 0.175 e. The molecule has 0 atom stereocenters. The molecule has 0 radical (unpaired) electrons. The molecule has 3 nitrogen and oxygen atoms in total. The summed E-state index contributed by atoms with van der Waals surface area (Å²) < 4.78 is 26.0. The lowest BCUT2D eigenvalue weighted by Gasteiger charge is -2.15. The van der Waals surface area contributed by atoms with Crippen molar-refractivity contribution in [3.8, 4) is 11.5 Å². The second-order valence-corrected chi connectivity index (χ2v) is 7.77. The van der Waals surface area contributed by atoms with Crippen molar-refractivity contribution >= 4 is 27.5 Å². The Hall–Kier alpha value is -2.08. The van der Waals surface area contributed by atoms with Crippen LogP contribution in [0.1, 0.15) is 16.7 Å². The molecule has 3 rings (SSSR count). The summed E-state index contributed by atoms with van der Waals surface area (Å²) in [7, 11) is 1.61.